The number of nitrogens with zero attached hydrogens (tertiary/aromatic N) is 5. The first kappa shape index (κ1) is 23.9. The number of β-amino-alcohol motifs (C(OH)–C–C–N with tert-alkyl or cyclic N) is 1. The minimum absolute atomic E-state index is 0.0481. The van der Waals surface area contributed by atoms with E-state index in [9.17, 15) is 9.90 Å². The van der Waals surface area contributed by atoms with Crippen LogP contribution in [0.15, 0.2) is 59.9 Å². The molecular weight excluding hydrogens is 454 g/mol. The van der Waals surface area contributed by atoms with E-state index in [1.165, 1.54) is 0 Å². The van der Waals surface area contributed by atoms with Gasteiger partial charge in [-0.2, -0.15) is 5.10 Å². The Morgan fingerprint density at radius 3 is 2.64 bits per heavy atom. The van der Waals surface area contributed by atoms with Gasteiger partial charge in [0, 0.05) is 54.4 Å². The van der Waals surface area contributed by atoms with Crippen molar-refractivity contribution in [3.05, 3.63) is 77.5 Å². The van der Waals surface area contributed by atoms with Gasteiger partial charge in [0.2, 0.25) is 0 Å². The van der Waals surface area contributed by atoms with Crippen LogP contribution in [0.5, 0.6) is 5.75 Å². The normalized spacial score (nSPS) is 17.1. The van der Waals surface area contributed by atoms with Gasteiger partial charge in [0.15, 0.2) is 0 Å². The molecule has 0 fully saturated rings. The number of aliphatic hydroxyl groups excluding tert-OH is 1. The van der Waals surface area contributed by atoms with Crippen molar-refractivity contribution in [1.82, 2.24) is 19.7 Å². The number of aliphatic imine (C=N–C) groups is 1. The molecule has 1 aromatic carbocycles. The monoisotopic (exact) mass is 485 g/mol. The van der Waals surface area contributed by atoms with Crippen LogP contribution in [0.3, 0.4) is 0 Å². The fraction of sp³-hybridized carbons (Fsp3) is 0.357. The van der Waals surface area contributed by atoms with E-state index in [1.807, 2.05) is 59.6 Å². The number of hydrogen-bond donors (Lipinski definition) is 1. The lowest BCUT2D eigenvalue weighted by Gasteiger charge is -2.27. The van der Waals surface area contributed by atoms with E-state index in [-0.39, 0.29) is 18.4 Å². The first-order valence-electron chi connectivity index (χ1n) is 12.4. The summed E-state index contributed by atoms with van der Waals surface area (Å²) in [5.74, 6) is 1.08. The zero-order valence-electron chi connectivity index (χ0n) is 20.7. The molecule has 0 bridgehead atoms. The standard InChI is InChI=1S/C28H31N5O3/c1-19(2)24-8-3-20(17-30-24)18-36-23-6-4-21(5-7-23)25-26(22-9-11-29-12-10-22)31-33-14-13-32(15-16-34)28(35)27(25)33/h3-9,11-12,17,19,22,34H,10,13-16,18H2,1-2H3. The Bertz CT molecular complexity index is 1280. The summed E-state index contributed by atoms with van der Waals surface area (Å²) in [5.41, 5.74) is 5.28. The number of hydrogen-bond acceptors (Lipinski definition) is 6. The maximum absolute atomic E-state index is 13.4. The van der Waals surface area contributed by atoms with Crippen molar-refractivity contribution >= 4 is 12.1 Å². The van der Waals surface area contributed by atoms with Gasteiger partial charge in [-0.15, -0.1) is 0 Å². The summed E-state index contributed by atoms with van der Waals surface area (Å²) in [4.78, 5) is 23.8. The summed E-state index contributed by atoms with van der Waals surface area (Å²) < 4.78 is 7.82. The first-order valence-corrected chi connectivity index (χ1v) is 12.4. The average molecular weight is 486 g/mol. The fourth-order valence-corrected chi connectivity index (χ4v) is 4.62. The van der Waals surface area contributed by atoms with Gasteiger partial charge in [-0.1, -0.05) is 38.1 Å². The lowest BCUT2D eigenvalue weighted by Crippen LogP contribution is -2.42. The van der Waals surface area contributed by atoms with Gasteiger partial charge in [-0.25, -0.2) is 0 Å². The highest BCUT2D eigenvalue weighted by molar-refractivity contribution is 6.00. The Balaban J connectivity index is 1.42. The van der Waals surface area contributed by atoms with Crippen LogP contribution in [0.1, 0.15) is 59.5 Å². The van der Waals surface area contributed by atoms with E-state index in [0.29, 0.717) is 37.9 Å². The van der Waals surface area contributed by atoms with Crippen molar-refractivity contribution < 1.29 is 14.6 Å². The Morgan fingerprint density at radius 1 is 1.14 bits per heavy atom. The molecule has 1 N–H and O–H groups in total. The van der Waals surface area contributed by atoms with Gasteiger partial charge >= 0.3 is 0 Å². The molecular formula is C28H31N5O3. The Labute approximate surface area is 211 Å². The topological polar surface area (TPSA) is 92.8 Å². The number of amides is 1. The molecule has 8 nitrogen and oxygen atoms in total. The molecule has 4 heterocycles. The molecule has 8 heteroatoms. The van der Waals surface area contributed by atoms with E-state index < -0.39 is 0 Å². The summed E-state index contributed by atoms with van der Waals surface area (Å²) in [6, 6.07) is 11.9. The number of allylic oxidation sites excluding steroid dienone is 1. The molecule has 0 saturated heterocycles. The van der Waals surface area contributed by atoms with Crippen LogP contribution in [-0.4, -0.2) is 56.6 Å². The molecule has 2 aromatic heterocycles. The van der Waals surface area contributed by atoms with Crippen molar-refractivity contribution in [3.63, 3.8) is 0 Å². The molecule has 2 aliphatic rings. The third-order valence-electron chi connectivity index (χ3n) is 6.63. The molecule has 1 unspecified atom stereocenters. The predicted molar refractivity (Wildman–Crippen MR) is 138 cm³/mol. The summed E-state index contributed by atoms with van der Waals surface area (Å²) in [7, 11) is 0. The second kappa shape index (κ2) is 10.5. The van der Waals surface area contributed by atoms with Crippen LogP contribution in [0, 0.1) is 0 Å². The van der Waals surface area contributed by atoms with Gasteiger partial charge in [0.1, 0.15) is 18.1 Å². The Morgan fingerprint density at radius 2 is 1.97 bits per heavy atom. The zero-order chi connectivity index (χ0) is 25.1. The molecule has 2 aliphatic heterocycles. The molecule has 0 spiro atoms. The SMILES string of the molecule is CC(C)c1ccc(COc2ccc(-c3c(C4C=CN=CC4)nn4c3C(=O)N(CCO)CC4)cc2)cn1. The highest BCUT2D eigenvalue weighted by Gasteiger charge is 2.33. The van der Waals surface area contributed by atoms with Crippen molar-refractivity contribution in [2.75, 3.05) is 19.7 Å². The summed E-state index contributed by atoms with van der Waals surface area (Å²) >= 11 is 0. The van der Waals surface area contributed by atoms with Gasteiger partial charge in [-0.05, 0) is 36.1 Å². The van der Waals surface area contributed by atoms with E-state index in [0.717, 1.165) is 40.2 Å². The summed E-state index contributed by atoms with van der Waals surface area (Å²) in [5, 5.41) is 14.3. The molecule has 0 radical (unpaired) electrons. The molecule has 0 saturated carbocycles. The second-order valence-corrected chi connectivity index (χ2v) is 9.42. The van der Waals surface area contributed by atoms with E-state index >= 15 is 0 Å². The molecule has 1 atom stereocenters. The van der Waals surface area contributed by atoms with Gasteiger partial charge in [0.05, 0.1) is 18.8 Å². The Hall–Kier alpha value is -3.78. The molecule has 36 heavy (non-hydrogen) atoms. The van der Waals surface area contributed by atoms with Crippen molar-refractivity contribution in [3.8, 4) is 16.9 Å². The molecule has 5 rings (SSSR count). The molecule has 3 aromatic rings. The third kappa shape index (κ3) is 4.81. The van der Waals surface area contributed by atoms with Crippen LogP contribution in [0.2, 0.25) is 0 Å². The number of aliphatic hydroxyl groups is 1. The van der Waals surface area contributed by atoms with Gasteiger partial charge in [-0.3, -0.25) is 19.5 Å². The first-order chi connectivity index (χ1) is 17.5. The van der Waals surface area contributed by atoms with Crippen molar-refractivity contribution in [2.24, 2.45) is 4.99 Å². The number of ether oxygens (including phenoxy) is 1. The molecule has 186 valence electrons. The highest BCUT2D eigenvalue weighted by atomic mass is 16.5. The van der Waals surface area contributed by atoms with Crippen LogP contribution in [0.4, 0.5) is 0 Å². The highest BCUT2D eigenvalue weighted by Crippen LogP contribution is 2.37. The number of pyridine rings is 1. The van der Waals surface area contributed by atoms with Crippen LogP contribution >= 0.6 is 0 Å². The number of fused-ring (bicyclic) bond motifs is 1. The largest absolute Gasteiger partial charge is 0.489 e. The fourth-order valence-electron chi connectivity index (χ4n) is 4.62. The second-order valence-electron chi connectivity index (χ2n) is 9.42. The quantitative estimate of drug-likeness (QED) is 0.517. The van der Waals surface area contributed by atoms with E-state index in [4.69, 9.17) is 9.84 Å². The van der Waals surface area contributed by atoms with Crippen LogP contribution < -0.4 is 4.74 Å². The number of rotatable bonds is 8. The smallest absolute Gasteiger partial charge is 0.272 e. The number of benzene rings is 1. The summed E-state index contributed by atoms with van der Waals surface area (Å²) in [6.45, 7) is 6.07. The summed E-state index contributed by atoms with van der Waals surface area (Å²) in [6.07, 6.45) is 8.30. The van der Waals surface area contributed by atoms with E-state index in [1.54, 1.807) is 11.1 Å². The van der Waals surface area contributed by atoms with E-state index in [2.05, 4.69) is 23.8 Å². The average Bonchev–Trinajstić information content (AvgIpc) is 3.31. The maximum Gasteiger partial charge on any atom is 0.272 e. The Kier molecular flexibility index (Phi) is 6.95. The predicted octanol–water partition coefficient (Wildman–Crippen LogP) is 4.17. The molecule has 0 aliphatic carbocycles. The number of aromatic nitrogens is 3. The zero-order valence-corrected chi connectivity index (χ0v) is 20.7. The van der Waals surface area contributed by atoms with Crippen molar-refractivity contribution in [1.29, 1.82) is 0 Å². The maximum atomic E-state index is 13.4. The lowest BCUT2D eigenvalue weighted by molar-refractivity contribution is 0.0662. The van der Waals surface area contributed by atoms with Crippen LogP contribution in [0.25, 0.3) is 11.1 Å². The lowest BCUT2D eigenvalue weighted by atomic mass is 9.92. The number of carbonyl (C=O) groups excluding carboxylic acids is 1. The van der Waals surface area contributed by atoms with Gasteiger partial charge < -0.3 is 14.7 Å². The van der Waals surface area contributed by atoms with Gasteiger partial charge in [0.25, 0.3) is 5.91 Å². The minimum Gasteiger partial charge on any atom is -0.489 e. The third-order valence-corrected chi connectivity index (χ3v) is 6.63. The molecule has 1 amide bonds. The van der Waals surface area contributed by atoms with Crippen LogP contribution in [-0.2, 0) is 13.2 Å². The van der Waals surface area contributed by atoms with Crippen molar-refractivity contribution in [2.45, 2.75) is 45.3 Å². The minimum atomic E-state index is -0.102. The number of carbonyl (C=O) groups is 1.